The number of hydrogen-bond donors (Lipinski definition) is 2. The van der Waals surface area contributed by atoms with Gasteiger partial charge in [0, 0.05) is 39.0 Å². The van der Waals surface area contributed by atoms with E-state index in [1.807, 2.05) is 0 Å². The Bertz CT molecular complexity index is 547. The number of nitrogens with one attached hydrogen (secondary N) is 1. The highest BCUT2D eigenvalue weighted by Gasteiger charge is 2.13. The highest BCUT2D eigenvalue weighted by molar-refractivity contribution is 5.76. The van der Waals surface area contributed by atoms with E-state index in [-0.39, 0.29) is 31.0 Å². The second kappa shape index (κ2) is 8.60. The van der Waals surface area contributed by atoms with E-state index in [0.29, 0.717) is 18.7 Å². The molecule has 0 fully saturated rings. The maximum absolute atomic E-state index is 11.8. The molecular weight excluding hydrogens is 290 g/mol. The third-order valence-corrected chi connectivity index (χ3v) is 3.06. The molecule has 2 N–H and O–H groups in total. The molecule has 8 heteroatoms. The first-order chi connectivity index (χ1) is 10.4. The van der Waals surface area contributed by atoms with Gasteiger partial charge in [-0.3, -0.25) is 19.7 Å². The Kier molecular flexibility index (Phi) is 6.81. The predicted octanol–water partition coefficient (Wildman–Crippen LogP) is 1.72. The Balaban J connectivity index is 2.39. The van der Waals surface area contributed by atoms with E-state index in [4.69, 9.17) is 5.11 Å². The summed E-state index contributed by atoms with van der Waals surface area (Å²) in [5, 5.41) is 22.2. The Labute approximate surface area is 127 Å². The lowest BCUT2D eigenvalue weighted by Gasteiger charge is -2.17. The quantitative estimate of drug-likeness (QED) is 0.530. The van der Waals surface area contributed by atoms with Crippen LogP contribution in [-0.2, 0) is 9.59 Å². The lowest BCUT2D eigenvalue weighted by Crippen LogP contribution is -2.29. The van der Waals surface area contributed by atoms with Crippen LogP contribution in [0.15, 0.2) is 24.3 Å². The lowest BCUT2D eigenvalue weighted by atomic mass is 10.2. The number of amides is 1. The second-order valence-corrected chi connectivity index (χ2v) is 4.76. The number of hydrogen-bond acceptors (Lipinski definition) is 5. The molecule has 0 aromatic heterocycles. The molecule has 1 rings (SSSR count). The van der Waals surface area contributed by atoms with Crippen LogP contribution in [0.3, 0.4) is 0 Å². The Hall–Kier alpha value is -2.64. The van der Waals surface area contributed by atoms with Crippen molar-refractivity contribution in [2.45, 2.75) is 19.3 Å². The monoisotopic (exact) mass is 309 g/mol. The van der Waals surface area contributed by atoms with Crippen molar-refractivity contribution >= 4 is 23.3 Å². The lowest BCUT2D eigenvalue weighted by molar-refractivity contribution is -0.384. The minimum absolute atomic E-state index is 0.0199. The van der Waals surface area contributed by atoms with Gasteiger partial charge in [-0.2, -0.15) is 0 Å². The molecule has 0 unspecified atom stereocenters. The normalized spacial score (nSPS) is 10.0. The number of benzene rings is 1. The average molecular weight is 309 g/mol. The molecule has 1 amide bonds. The summed E-state index contributed by atoms with van der Waals surface area (Å²) in [6, 6.07) is 6.22. The number of nitro benzene ring substituents is 1. The summed E-state index contributed by atoms with van der Waals surface area (Å²) in [7, 11) is 1.61. The van der Waals surface area contributed by atoms with Crippen LogP contribution in [-0.4, -0.2) is 46.9 Å². The average Bonchev–Trinajstić information content (AvgIpc) is 2.46. The van der Waals surface area contributed by atoms with Gasteiger partial charge in [-0.1, -0.05) is 12.1 Å². The largest absolute Gasteiger partial charge is 0.481 e. The van der Waals surface area contributed by atoms with Crippen LogP contribution < -0.4 is 5.32 Å². The van der Waals surface area contributed by atoms with E-state index >= 15 is 0 Å². The molecule has 0 heterocycles. The molecule has 1 aromatic carbocycles. The number of rotatable bonds is 9. The van der Waals surface area contributed by atoms with Crippen LogP contribution >= 0.6 is 0 Å². The molecule has 0 saturated heterocycles. The Morgan fingerprint density at radius 2 is 2.00 bits per heavy atom. The first-order valence-electron chi connectivity index (χ1n) is 6.85. The number of carbonyl (C=O) groups is 2. The fraction of sp³-hybridized carbons (Fsp3) is 0.429. The van der Waals surface area contributed by atoms with Gasteiger partial charge in [0.15, 0.2) is 0 Å². The number of aliphatic carboxylic acids is 1. The van der Waals surface area contributed by atoms with Crippen molar-refractivity contribution in [2.24, 2.45) is 0 Å². The van der Waals surface area contributed by atoms with Gasteiger partial charge in [-0.15, -0.1) is 0 Å². The van der Waals surface area contributed by atoms with Crippen LogP contribution in [0.25, 0.3) is 0 Å². The van der Waals surface area contributed by atoms with Crippen molar-refractivity contribution in [1.82, 2.24) is 4.90 Å². The number of nitro groups is 1. The Morgan fingerprint density at radius 3 is 2.64 bits per heavy atom. The highest BCUT2D eigenvalue weighted by Crippen LogP contribution is 2.22. The van der Waals surface area contributed by atoms with Gasteiger partial charge in [0.05, 0.1) is 4.92 Å². The summed E-state index contributed by atoms with van der Waals surface area (Å²) < 4.78 is 0. The summed E-state index contributed by atoms with van der Waals surface area (Å²) in [4.78, 5) is 34.1. The zero-order valence-corrected chi connectivity index (χ0v) is 12.3. The number of carboxylic acid groups (broad SMARTS) is 1. The van der Waals surface area contributed by atoms with Gasteiger partial charge in [-0.05, 0) is 12.5 Å². The third-order valence-electron chi connectivity index (χ3n) is 3.06. The Morgan fingerprint density at radius 1 is 1.32 bits per heavy atom. The van der Waals surface area contributed by atoms with Crippen molar-refractivity contribution in [1.29, 1.82) is 0 Å². The summed E-state index contributed by atoms with van der Waals surface area (Å²) in [5.74, 6) is -1.03. The van der Waals surface area contributed by atoms with Gasteiger partial charge >= 0.3 is 5.97 Å². The van der Waals surface area contributed by atoms with Crippen LogP contribution in [0.4, 0.5) is 11.4 Å². The number of anilines is 1. The van der Waals surface area contributed by atoms with Gasteiger partial charge in [0.2, 0.25) is 5.91 Å². The van der Waals surface area contributed by atoms with Crippen LogP contribution in [0.2, 0.25) is 0 Å². The summed E-state index contributed by atoms with van der Waals surface area (Å²) in [6.45, 7) is 0.642. The molecule has 0 saturated carbocycles. The molecule has 120 valence electrons. The van der Waals surface area contributed by atoms with Crippen molar-refractivity contribution in [3.05, 3.63) is 34.4 Å². The van der Waals surface area contributed by atoms with Crippen molar-refractivity contribution < 1.29 is 19.6 Å². The fourth-order valence-electron chi connectivity index (χ4n) is 1.87. The van der Waals surface area contributed by atoms with Crippen molar-refractivity contribution in [3.63, 3.8) is 0 Å². The van der Waals surface area contributed by atoms with Crippen LogP contribution in [0.1, 0.15) is 19.3 Å². The molecule has 22 heavy (non-hydrogen) atoms. The molecule has 8 nitrogen and oxygen atoms in total. The summed E-state index contributed by atoms with van der Waals surface area (Å²) in [5.41, 5.74) is 0.332. The third kappa shape index (κ3) is 5.78. The van der Waals surface area contributed by atoms with E-state index in [1.165, 1.54) is 11.0 Å². The zero-order chi connectivity index (χ0) is 16.5. The number of carbonyl (C=O) groups excluding carboxylic acids is 1. The molecule has 0 aliphatic carbocycles. The maximum atomic E-state index is 11.8. The topological polar surface area (TPSA) is 113 Å². The SMILES string of the molecule is CN(CCCC(=O)O)C(=O)CCNc1ccccc1[N+](=O)[O-]. The number of carboxylic acids is 1. The van der Waals surface area contributed by atoms with E-state index in [9.17, 15) is 19.7 Å². The van der Waals surface area contributed by atoms with Crippen molar-refractivity contribution in [2.75, 3.05) is 25.5 Å². The van der Waals surface area contributed by atoms with Crippen molar-refractivity contribution in [3.8, 4) is 0 Å². The standard InChI is InChI=1S/C14H19N3O5/c1-16(10-4-7-14(19)20)13(18)8-9-15-11-5-2-3-6-12(11)17(21)22/h2-3,5-6,15H,4,7-10H2,1H3,(H,19,20). The summed E-state index contributed by atoms with van der Waals surface area (Å²) >= 11 is 0. The highest BCUT2D eigenvalue weighted by atomic mass is 16.6. The molecule has 0 bridgehead atoms. The smallest absolute Gasteiger partial charge is 0.303 e. The number of para-hydroxylation sites is 2. The molecule has 0 aliphatic heterocycles. The molecular formula is C14H19N3O5. The molecule has 0 atom stereocenters. The first-order valence-corrected chi connectivity index (χ1v) is 6.85. The number of nitrogens with zero attached hydrogens (tertiary/aromatic N) is 2. The molecule has 0 spiro atoms. The zero-order valence-electron chi connectivity index (χ0n) is 12.3. The van der Waals surface area contributed by atoms with Gasteiger partial charge < -0.3 is 15.3 Å². The van der Waals surface area contributed by atoms with E-state index in [2.05, 4.69) is 5.32 Å². The van der Waals surface area contributed by atoms with Gasteiger partial charge in [0.1, 0.15) is 5.69 Å². The van der Waals surface area contributed by atoms with Crippen LogP contribution in [0, 0.1) is 10.1 Å². The molecule has 1 aromatic rings. The van der Waals surface area contributed by atoms with E-state index < -0.39 is 10.9 Å². The summed E-state index contributed by atoms with van der Waals surface area (Å²) in [6.07, 6.45) is 0.594. The maximum Gasteiger partial charge on any atom is 0.303 e. The predicted molar refractivity (Wildman–Crippen MR) is 80.7 cm³/mol. The van der Waals surface area contributed by atoms with Gasteiger partial charge in [-0.25, -0.2) is 0 Å². The minimum atomic E-state index is -0.890. The van der Waals surface area contributed by atoms with E-state index in [1.54, 1.807) is 25.2 Å². The minimum Gasteiger partial charge on any atom is -0.481 e. The first kappa shape index (κ1) is 17.4. The van der Waals surface area contributed by atoms with Gasteiger partial charge in [0.25, 0.3) is 5.69 Å². The van der Waals surface area contributed by atoms with E-state index in [0.717, 1.165) is 0 Å². The molecule has 0 radical (unpaired) electrons. The fourth-order valence-corrected chi connectivity index (χ4v) is 1.87. The van der Waals surface area contributed by atoms with Crippen LogP contribution in [0.5, 0.6) is 0 Å². The molecule has 0 aliphatic rings. The second-order valence-electron chi connectivity index (χ2n) is 4.76.